The van der Waals surface area contributed by atoms with Crippen LogP contribution in [0.2, 0.25) is 5.02 Å². The van der Waals surface area contributed by atoms with E-state index in [0.717, 1.165) is 11.1 Å². The van der Waals surface area contributed by atoms with Crippen molar-refractivity contribution in [1.82, 2.24) is 14.0 Å². The third kappa shape index (κ3) is 4.08. The molecule has 0 radical (unpaired) electrons. The van der Waals surface area contributed by atoms with Gasteiger partial charge in [-0.15, -0.1) is 0 Å². The second kappa shape index (κ2) is 9.15. The van der Waals surface area contributed by atoms with Gasteiger partial charge in [0.25, 0.3) is 11.5 Å². The minimum absolute atomic E-state index is 0.135. The summed E-state index contributed by atoms with van der Waals surface area (Å²) in [5.74, 6) is 0.560. The fourth-order valence-electron chi connectivity index (χ4n) is 4.02. The van der Waals surface area contributed by atoms with Crippen molar-refractivity contribution in [2.24, 2.45) is 0 Å². The van der Waals surface area contributed by atoms with Crippen LogP contribution in [0.25, 0.3) is 16.7 Å². The standard InChI is InChI=1S/C26H21ClN4O4/c1-34-18-13-19(27)23(22(14-18)35-2)29-25(32)17-9-7-16(8-10-17)15-31-24-20(5-3-11-28-24)30-12-4-6-21(30)26(31)33/h3-14H,15H2,1-2H3,(H,29,32). The third-order valence-corrected chi connectivity index (χ3v) is 6.07. The summed E-state index contributed by atoms with van der Waals surface area (Å²) in [6.07, 6.45) is 3.52. The van der Waals surface area contributed by atoms with E-state index < -0.39 is 0 Å². The molecule has 5 aromatic rings. The number of pyridine rings is 1. The Hall–Kier alpha value is -4.30. The minimum Gasteiger partial charge on any atom is -0.497 e. The number of nitrogens with one attached hydrogen (secondary N) is 1. The van der Waals surface area contributed by atoms with E-state index in [-0.39, 0.29) is 11.5 Å². The molecular formula is C26H21ClN4O4. The quantitative estimate of drug-likeness (QED) is 0.377. The van der Waals surface area contributed by atoms with Gasteiger partial charge in [0, 0.05) is 30.1 Å². The number of hydrogen-bond donors (Lipinski definition) is 1. The van der Waals surface area contributed by atoms with Crippen molar-refractivity contribution in [2.75, 3.05) is 19.5 Å². The number of anilines is 1. The van der Waals surface area contributed by atoms with Gasteiger partial charge >= 0.3 is 0 Å². The average molecular weight is 489 g/mol. The molecule has 0 saturated heterocycles. The fourth-order valence-corrected chi connectivity index (χ4v) is 4.27. The van der Waals surface area contributed by atoms with Gasteiger partial charge in [-0.05, 0) is 42.0 Å². The van der Waals surface area contributed by atoms with E-state index in [9.17, 15) is 9.59 Å². The molecule has 5 rings (SSSR count). The highest BCUT2D eigenvalue weighted by molar-refractivity contribution is 6.34. The smallest absolute Gasteiger partial charge is 0.276 e. The predicted octanol–water partition coefficient (Wildman–Crippen LogP) is 4.62. The fraction of sp³-hybridized carbons (Fsp3) is 0.115. The summed E-state index contributed by atoms with van der Waals surface area (Å²) in [6.45, 7) is 0.314. The van der Waals surface area contributed by atoms with E-state index in [2.05, 4.69) is 10.3 Å². The lowest BCUT2D eigenvalue weighted by Crippen LogP contribution is -2.24. The second-order valence-corrected chi connectivity index (χ2v) is 8.25. The normalized spacial score (nSPS) is 11.1. The first kappa shape index (κ1) is 22.5. The van der Waals surface area contributed by atoms with Gasteiger partial charge in [0.2, 0.25) is 0 Å². The van der Waals surface area contributed by atoms with Gasteiger partial charge in [0.05, 0.1) is 31.3 Å². The van der Waals surface area contributed by atoms with Gasteiger partial charge in [0.1, 0.15) is 22.7 Å². The molecule has 1 amide bonds. The number of benzene rings is 2. The van der Waals surface area contributed by atoms with Crippen molar-refractivity contribution in [3.05, 3.63) is 99.6 Å². The van der Waals surface area contributed by atoms with Gasteiger partial charge in [-0.3, -0.25) is 14.2 Å². The Kier molecular flexibility index (Phi) is 5.88. The number of carbonyl (C=O) groups is 1. The molecule has 0 aliphatic rings. The number of rotatable bonds is 6. The summed E-state index contributed by atoms with van der Waals surface area (Å²) in [6, 6.07) is 17.7. The van der Waals surface area contributed by atoms with Gasteiger partial charge in [-0.25, -0.2) is 4.98 Å². The van der Waals surface area contributed by atoms with Crippen molar-refractivity contribution >= 4 is 39.9 Å². The maximum atomic E-state index is 13.1. The number of fused-ring (bicyclic) bond motifs is 3. The zero-order valence-electron chi connectivity index (χ0n) is 19.0. The zero-order chi connectivity index (χ0) is 24.5. The number of hydrogen-bond acceptors (Lipinski definition) is 5. The largest absolute Gasteiger partial charge is 0.497 e. The van der Waals surface area contributed by atoms with Crippen molar-refractivity contribution in [1.29, 1.82) is 0 Å². The molecule has 35 heavy (non-hydrogen) atoms. The van der Waals surface area contributed by atoms with Crippen LogP contribution < -0.4 is 20.3 Å². The minimum atomic E-state index is -0.346. The van der Waals surface area contributed by atoms with Crippen LogP contribution in [0.4, 0.5) is 5.69 Å². The molecular weight excluding hydrogens is 468 g/mol. The van der Waals surface area contributed by atoms with E-state index >= 15 is 0 Å². The molecule has 0 bridgehead atoms. The molecule has 176 valence electrons. The highest BCUT2D eigenvalue weighted by atomic mass is 35.5. The molecule has 8 nitrogen and oxygen atoms in total. The first-order valence-electron chi connectivity index (χ1n) is 10.8. The molecule has 3 heterocycles. The molecule has 2 aromatic carbocycles. The van der Waals surface area contributed by atoms with Crippen LogP contribution in [-0.2, 0) is 6.54 Å². The van der Waals surface area contributed by atoms with Crippen molar-refractivity contribution in [2.45, 2.75) is 6.54 Å². The van der Waals surface area contributed by atoms with E-state index in [1.54, 1.807) is 41.1 Å². The van der Waals surface area contributed by atoms with Crippen molar-refractivity contribution < 1.29 is 14.3 Å². The maximum absolute atomic E-state index is 13.1. The third-order valence-electron chi connectivity index (χ3n) is 5.77. The molecule has 0 aliphatic heterocycles. The molecule has 0 fully saturated rings. The Bertz CT molecular complexity index is 1620. The zero-order valence-corrected chi connectivity index (χ0v) is 19.7. The van der Waals surface area contributed by atoms with Crippen LogP contribution in [-0.4, -0.2) is 34.1 Å². The Morgan fingerprint density at radius 1 is 1.03 bits per heavy atom. The van der Waals surface area contributed by atoms with Crippen molar-refractivity contribution in [3.8, 4) is 11.5 Å². The van der Waals surface area contributed by atoms with Crippen LogP contribution in [0, 0.1) is 0 Å². The van der Waals surface area contributed by atoms with E-state index in [1.807, 2.05) is 40.9 Å². The summed E-state index contributed by atoms with van der Waals surface area (Å²) < 4.78 is 14.0. The van der Waals surface area contributed by atoms with Gasteiger partial charge < -0.3 is 19.2 Å². The Morgan fingerprint density at radius 3 is 2.54 bits per heavy atom. The van der Waals surface area contributed by atoms with Crippen LogP contribution in [0.15, 0.2) is 77.9 Å². The van der Waals surface area contributed by atoms with Crippen LogP contribution in [0.3, 0.4) is 0 Å². The lowest BCUT2D eigenvalue weighted by Gasteiger charge is -2.14. The van der Waals surface area contributed by atoms with E-state index in [4.69, 9.17) is 21.1 Å². The van der Waals surface area contributed by atoms with Crippen LogP contribution in [0.5, 0.6) is 11.5 Å². The molecule has 0 atom stereocenters. The van der Waals surface area contributed by atoms with Gasteiger partial charge in [-0.1, -0.05) is 23.7 Å². The molecule has 3 aromatic heterocycles. The van der Waals surface area contributed by atoms with Crippen LogP contribution in [0.1, 0.15) is 15.9 Å². The van der Waals surface area contributed by atoms with E-state index in [1.165, 1.54) is 14.2 Å². The summed E-state index contributed by atoms with van der Waals surface area (Å²) in [5, 5.41) is 3.09. The number of amides is 1. The van der Waals surface area contributed by atoms with Gasteiger partial charge in [0.15, 0.2) is 5.65 Å². The molecule has 1 N–H and O–H groups in total. The average Bonchev–Trinajstić information content (AvgIpc) is 3.38. The number of methoxy groups -OCH3 is 2. The maximum Gasteiger partial charge on any atom is 0.276 e. The van der Waals surface area contributed by atoms with E-state index in [0.29, 0.717) is 45.5 Å². The first-order chi connectivity index (χ1) is 17.0. The first-order valence-corrected chi connectivity index (χ1v) is 11.1. The topological polar surface area (TPSA) is 86.9 Å². The number of aromatic nitrogens is 3. The second-order valence-electron chi connectivity index (χ2n) is 7.84. The highest BCUT2D eigenvalue weighted by Crippen LogP contribution is 2.37. The Labute approximate surface area is 205 Å². The monoisotopic (exact) mass is 488 g/mol. The molecule has 0 aliphatic carbocycles. The summed E-state index contributed by atoms with van der Waals surface area (Å²) in [4.78, 5) is 30.5. The molecule has 0 spiro atoms. The van der Waals surface area contributed by atoms with Gasteiger partial charge in [-0.2, -0.15) is 0 Å². The summed E-state index contributed by atoms with van der Waals surface area (Å²) in [7, 11) is 3.01. The Balaban J connectivity index is 1.42. The molecule has 0 unspecified atom stereocenters. The molecule has 0 saturated carbocycles. The Morgan fingerprint density at radius 2 is 1.80 bits per heavy atom. The lowest BCUT2D eigenvalue weighted by molar-refractivity contribution is 0.102. The number of ether oxygens (including phenoxy) is 2. The lowest BCUT2D eigenvalue weighted by atomic mass is 10.1. The van der Waals surface area contributed by atoms with Crippen molar-refractivity contribution in [3.63, 3.8) is 0 Å². The van der Waals surface area contributed by atoms with Crippen LogP contribution >= 0.6 is 11.6 Å². The predicted molar refractivity (Wildman–Crippen MR) is 135 cm³/mol. The SMILES string of the molecule is COc1cc(Cl)c(NC(=O)c2ccc(Cn3c(=O)c4cccn4c4cccnc43)cc2)c(OC)c1. The number of halogens is 1. The highest BCUT2D eigenvalue weighted by Gasteiger charge is 2.16. The summed E-state index contributed by atoms with van der Waals surface area (Å²) in [5.41, 5.74) is 3.51. The molecule has 9 heteroatoms. The summed E-state index contributed by atoms with van der Waals surface area (Å²) >= 11 is 6.32. The number of carbonyl (C=O) groups excluding carboxylic acids is 1. The number of nitrogens with zero attached hydrogens (tertiary/aromatic N) is 3.